The maximum atomic E-state index is 13.9. The zero-order chi connectivity index (χ0) is 27.0. The number of amides is 2. The number of anilines is 1. The molecule has 0 aliphatic heterocycles. The summed E-state index contributed by atoms with van der Waals surface area (Å²) < 4.78 is 13.9. The van der Waals surface area contributed by atoms with Gasteiger partial charge in [0.25, 0.3) is 11.8 Å². The van der Waals surface area contributed by atoms with E-state index < -0.39 is 5.91 Å². The lowest BCUT2D eigenvalue weighted by Gasteiger charge is -2.12. The van der Waals surface area contributed by atoms with Crippen LogP contribution < -0.4 is 10.6 Å². The largest absolute Gasteiger partial charge is 0.321 e. The number of carbonyl (C=O) groups excluding carboxylic acids is 2. The Balaban J connectivity index is 1.36. The highest BCUT2D eigenvalue weighted by Gasteiger charge is 2.16. The predicted molar refractivity (Wildman–Crippen MR) is 157 cm³/mol. The number of nitrogens with one attached hydrogen (secondary N) is 2. The maximum absolute atomic E-state index is 13.9. The summed E-state index contributed by atoms with van der Waals surface area (Å²) in [7, 11) is 0. The quantitative estimate of drug-likeness (QED) is 0.159. The van der Waals surface area contributed by atoms with Crippen LogP contribution in [0.4, 0.5) is 10.1 Å². The fraction of sp³-hybridized carbons (Fsp3) is 0.0303. The second kappa shape index (κ2) is 12.2. The summed E-state index contributed by atoms with van der Waals surface area (Å²) in [6.45, 7) is 0. The van der Waals surface area contributed by atoms with Crippen LogP contribution in [0.25, 0.3) is 16.8 Å². The SMILES string of the molecule is O=C(Nc1ccc(SCc2ccccc2F)cc1)/C(=C/c1cccc2ccccc12)NC(=O)c1ccccc1. The van der Waals surface area contributed by atoms with Crippen LogP contribution in [-0.2, 0) is 10.5 Å². The standard InChI is InChI=1S/C33H25FN2O2S/c34-30-16-7-5-12-26(30)22-39-28-19-17-27(18-20-28)35-33(38)31(36-32(37)24-10-2-1-3-11-24)21-25-14-8-13-23-9-4-6-15-29(23)25/h1-21H,22H2,(H,35,38)(H,36,37)/b31-21-. The van der Waals surface area contributed by atoms with Crippen molar-refractivity contribution in [2.45, 2.75) is 10.6 Å². The van der Waals surface area contributed by atoms with Gasteiger partial charge in [0.1, 0.15) is 11.5 Å². The highest BCUT2D eigenvalue weighted by molar-refractivity contribution is 7.98. The van der Waals surface area contributed by atoms with Crippen LogP contribution in [0.3, 0.4) is 0 Å². The Morgan fingerprint density at radius 1 is 0.744 bits per heavy atom. The number of hydrogen-bond acceptors (Lipinski definition) is 3. The Morgan fingerprint density at radius 2 is 1.44 bits per heavy atom. The molecule has 5 aromatic carbocycles. The summed E-state index contributed by atoms with van der Waals surface area (Å²) >= 11 is 1.51. The first-order chi connectivity index (χ1) is 19.1. The summed E-state index contributed by atoms with van der Waals surface area (Å²) in [5, 5.41) is 7.68. The number of halogens is 1. The van der Waals surface area contributed by atoms with E-state index in [2.05, 4.69) is 10.6 Å². The van der Waals surface area contributed by atoms with Crippen molar-refractivity contribution < 1.29 is 14.0 Å². The lowest BCUT2D eigenvalue weighted by atomic mass is 10.0. The zero-order valence-corrected chi connectivity index (χ0v) is 21.8. The van der Waals surface area contributed by atoms with Gasteiger partial charge in [-0.25, -0.2) is 4.39 Å². The van der Waals surface area contributed by atoms with Gasteiger partial charge in [-0.15, -0.1) is 11.8 Å². The Bertz CT molecular complexity index is 1640. The van der Waals surface area contributed by atoms with Gasteiger partial charge in [-0.05, 0) is 70.4 Å². The maximum Gasteiger partial charge on any atom is 0.272 e. The van der Waals surface area contributed by atoms with Gasteiger partial charge in [-0.3, -0.25) is 9.59 Å². The Labute approximate surface area is 230 Å². The van der Waals surface area contributed by atoms with Gasteiger partial charge in [0.2, 0.25) is 0 Å². The minimum Gasteiger partial charge on any atom is -0.321 e. The van der Waals surface area contributed by atoms with E-state index in [9.17, 15) is 14.0 Å². The van der Waals surface area contributed by atoms with Crippen molar-refractivity contribution in [1.82, 2.24) is 5.32 Å². The van der Waals surface area contributed by atoms with E-state index in [1.807, 2.05) is 66.7 Å². The number of rotatable bonds is 8. The van der Waals surface area contributed by atoms with Gasteiger partial charge in [-0.2, -0.15) is 0 Å². The average Bonchev–Trinajstić information content (AvgIpc) is 2.97. The van der Waals surface area contributed by atoms with Gasteiger partial charge >= 0.3 is 0 Å². The fourth-order valence-corrected chi connectivity index (χ4v) is 4.97. The van der Waals surface area contributed by atoms with Crippen molar-refractivity contribution in [3.63, 3.8) is 0 Å². The summed E-state index contributed by atoms with van der Waals surface area (Å²) in [6, 6.07) is 36.5. The molecule has 0 saturated heterocycles. The summed E-state index contributed by atoms with van der Waals surface area (Å²) in [5.74, 6) is -0.546. The number of benzene rings is 5. The molecule has 0 heterocycles. The van der Waals surface area contributed by atoms with Crippen LogP contribution in [0.1, 0.15) is 21.5 Å². The number of thioether (sulfide) groups is 1. The Morgan fingerprint density at radius 3 is 2.23 bits per heavy atom. The number of fused-ring (bicyclic) bond motifs is 1. The molecule has 0 saturated carbocycles. The van der Waals surface area contributed by atoms with Crippen LogP contribution in [0.2, 0.25) is 0 Å². The highest BCUT2D eigenvalue weighted by Crippen LogP contribution is 2.26. The van der Waals surface area contributed by atoms with E-state index in [0.29, 0.717) is 22.6 Å². The molecule has 0 radical (unpaired) electrons. The van der Waals surface area contributed by atoms with Crippen LogP contribution in [0.15, 0.2) is 132 Å². The zero-order valence-electron chi connectivity index (χ0n) is 20.9. The van der Waals surface area contributed by atoms with Gasteiger partial charge in [-0.1, -0.05) is 78.9 Å². The van der Waals surface area contributed by atoms with Crippen molar-refractivity contribution in [1.29, 1.82) is 0 Å². The molecule has 0 bridgehead atoms. The normalized spacial score (nSPS) is 11.3. The monoisotopic (exact) mass is 532 g/mol. The fourth-order valence-electron chi connectivity index (χ4n) is 4.08. The van der Waals surface area contributed by atoms with Crippen molar-refractivity contribution in [2.75, 3.05) is 5.32 Å². The highest BCUT2D eigenvalue weighted by atomic mass is 32.2. The molecule has 0 fully saturated rings. The lowest BCUT2D eigenvalue weighted by molar-refractivity contribution is -0.113. The van der Waals surface area contributed by atoms with E-state index in [0.717, 1.165) is 21.2 Å². The molecule has 5 rings (SSSR count). The molecule has 0 aliphatic carbocycles. The smallest absolute Gasteiger partial charge is 0.272 e. The molecule has 192 valence electrons. The van der Waals surface area contributed by atoms with Crippen molar-refractivity contribution in [3.8, 4) is 0 Å². The molecule has 39 heavy (non-hydrogen) atoms. The van der Waals surface area contributed by atoms with Crippen molar-refractivity contribution >= 4 is 46.1 Å². The minimum absolute atomic E-state index is 0.123. The molecule has 2 N–H and O–H groups in total. The molecule has 6 heteroatoms. The van der Waals surface area contributed by atoms with E-state index in [-0.39, 0.29) is 17.4 Å². The molecule has 2 amide bonds. The first-order valence-corrected chi connectivity index (χ1v) is 13.4. The number of hydrogen-bond donors (Lipinski definition) is 2. The summed E-state index contributed by atoms with van der Waals surface area (Å²) in [5.41, 5.74) is 2.60. The van der Waals surface area contributed by atoms with Crippen LogP contribution in [0, 0.1) is 5.82 Å². The molecule has 0 aromatic heterocycles. The van der Waals surface area contributed by atoms with Crippen LogP contribution in [-0.4, -0.2) is 11.8 Å². The molecular formula is C33H25FN2O2S. The third-order valence-electron chi connectivity index (χ3n) is 6.12. The first-order valence-electron chi connectivity index (χ1n) is 12.4. The topological polar surface area (TPSA) is 58.2 Å². The molecule has 5 aromatic rings. The van der Waals surface area contributed by atoms with Gasteiger partial charge in [0.05, 0.1) is 0 Å². The average molecular weight is 533 g/mol. The first kappa shape index (κ1) is 25.9. The predicted octanol–water partition coefficient (Wildman–Crippen LogP) is 7.68. The molecule has 0 atom stereocenters. The van der Waals surface area contributed by atoms with Gasteiger partial charge < -0.3 is 10.6 Å². The van der Waals surface area contributed by atoms with Gasteiger partial charge in [0, 0.05) is 21.9 Å². The molecular weight excluding hydrogens is 507 g/mol. The van der Waals surface area contributed by atoms with E-state index in [1.54, 1.807) is 54.6 Å². The molecule has 0 spiro atoms. The third kappa shape index (κ3) is 6.61. The van der Waals surface area contributed by atoms with E-state index >= 15 is 0 Å². The third-order valence-corrected chi connectivity index (χ3v) is 7.18. The van der Waals surface area contributed by atoms with Crippen molar-refractivity contribution in [2.24, 2.45) is 0 Å². The summed E-state index contributed by atoms with van der Waals surface area (Å²) in [4.78, 5) is 27.3. The van der Waals surface area contributed by atoms with Crippen LogP contribution >= 0.6 is 11.8 Å². The lowest BCUT2D eigenvalue weighted by Crippen LogP contribution is -2.30. The van der Waals surface area contributed by atoms with E-state index in [4.69, 9.17) is 0 Å². The number of carbonyl (C=O) groups is 2. The van der Waals surface area contributed by atoms with E-state index in [1.165, 1.54) is 17.8 Å². The Hall–Kier alpha value is -4.68. The van der Waals surface area contributed by atoms with Crippen LogP contribution in [0.5, 0.6) is 0 Å². The second-order valence-corrected chi connectivity index (χ2v) is 9.85. The summed E-state index contributed by atoms with van der Waals surface area (Å²) in [6.07, 6.45) is 1.69. The Kier molecular flexibility index (Phi) is 8.15. The molecule has 0 aliphatic rings. The molecule has 0 unspecified atom stereocenters. The molecule has 4 nitrogen and oxygen atoms in total. The second-order valence-electron chi connectivity index (χ2n) is 8.81. The van der Waals surface area contributed by atoms with Crippen molar-refractivity contribution in [3.05, 3.63) is 150 Å². The minimum atomic E-state index is -0.445. The van der Waals surface area contributed by atoms with Gasteiger partial charge in [0.15, 0.2) is 0 Å².